The molecule has 31 heavy (non-hydrogen) atoms. The zero-order valence-electron chi connectivity index (χ0n) is 18.9. The normalized spacial score (nSPS) is 19.8. The number of nitrogens with zero attached hydrogens (tertiary/aromatic N) is 1. The van der Waals surface area contributed by atoms with E-state index in [1.54, 1.807) is 6.92 Å². The van der Waals surface area contributed by atoms with Gasteiger partial charge in [-0.2, -0.15) is 0 Å². The predicted octanol–water partition coefficient (Wildman–Crippen LogP) is 4.14. The fraction of sp³-hybridized carbons (Fsp3) is 0.440. The summed E-state index contributed by atoms with van der Waals surface area (Å²) in [5, 5.41) is 13.3. The van der Waals surface area contributed by atoms with Crippen molar-refractivity contribution in [2.75, 3.05) is 13.2 Å². The van der Waals surface area contributed by atoms with E-state index >= 15 is 0 Å². The van der Waals surface area contributed by atoms with Gasteiger partial charge in [0.15, 0.2) is 0 Å². The number of nitrogens with one attached hydrogen (secondary N) is 1. The van der Waals surface area contributed by atoms with Crippen molar-refractivity contribution in [2.24, 2.45) is 0 Å². The third kappa shape index (κ3) is 4.74. The summed E-state index contributed by atoms with van der Waals surface area (Å²) in [6, 6.07) is 14.8. The Morgan fingerprint density at radius 2 is 1.65 bits per heavy atom. The van der Waals surface area contributed by atoms with Gasteiger partial charge in [0.1, 0.15) is 24.0 Å². The lowest BCUT2D eigenvalue weighted by Gasteiger charge is -2.24. The summed E-state index contributed by atoms with van der Waals surface area (Å²) in [4.78, 5) is 26.7. The second-order valence-corrected chi connectivity index (χ2v) is 8.90. The number of benzene rings is 2. The molecule has 0 bridgehead atoms. The van der Waals surface area contributed by atoms with Crippen LogP contribution >= 0.6 is 0 Å². The van der Waals surface area contributed by atoms with E-state index in [0.29, 0.717) is 17.2 Å². The Hall–Kier alpha value is -2.86. The number of ether oxygens (including phenoxy) is 1. The van der Waals surface area contributed by atoms with Crippen LogP contribution in [0.25, 0.3) is 0 Å². The van der Waals surface area contributed by atoms with Crippen molar-refractivity contribution < 1.29 is 19.4 Å². The van der Waals surface area contributed by atoms with E-state index in [-0.39, 0.29) is 25.0 Å². The molecule has 6 nitrogen and oxygen atoms in total. The van der Waals surface area contributed by atoms with Crippen LogP contribution in [0.3, 0.4) is 0 Å². The van der Waals surface area contributed by atoms with E-state index in [1.165, 1.54) is 0 Å². The van der Waals surface area contributed by atoms with Gasteiger partial charge < -0.3 is 15.2 Å². The molecule has 1 fully saturated rings. The number of aliphatic hydroxyl groups is 1. The van der Waals surface area contributed by atoms with Gasteiger partial charge in [0.25, 0.3) is 5.91 Å². The number of hydrogen-bond acceptors (Lipinski definition) is 4. The van der Waals surface area contributed by atoms with E-state index < -0.39 is 17.7 Å². The molecule has 1 heterocycles. The fourth-order valence-corrected chi connectivity index (χ4v) is 3.80. The zero-order chi connectivity index (χ0) is 22.8. The van der Waals surface area contributed by atoms with Crippen molar-refractivity contribution in [2.45, 2.75) is 58.1 Å². The highest BCUT2D eigenvalue weighted by atomic mass is 16.5. The maximum absolute atomic E-state index is 13.1. The minimum atomic E-state index is -1.16. The van der Waals surface area contributed by atoms with Crippen molar-refractivity contribution in [1.29, 1.82) is 0 Å². The van der Waals surface area contributed by atoms with Crippen LogP contribution in [0.1, 0.15) is 63.1 Å². The molecule has 2 aromatic carbocycles. The molecule has 0 unspecified atom stereocenters. The van der Waals surface area contributed by atoms with Gasteiger partial charge >= 0.3 is 6.03 Å². The van der Waals surface area contributed by atoms with Gasteiger partial charge in [-0.25, -0.2) is 4.79 Å². The highest BCUT2D eigenvalue weighted by molar-refractivity contribution is 6.07. The molecule has 1 aliphatic heterocycles. The van der Waals surface area contributed by atoms with Crippen molar-refractivity contribution in [3.8, 4) is 5.75 Å². The Morgan fingerprint density at radius 1 is 1.00 bits per heavy atom. The predicted molar refractivity (Wildman–Crippen MR) is 120 cm³/mol. The second-order valence-electron chi connectivity index (χ2n) is 8.90. The molecule has 166 valence electrons. The number of amides is 3. The lowest BCUT2D eigenvalue weighted by atomic mass is 9.90. The number of rotatable bonds is 8. The Bertz CT molecular complexity index is 939. The van der Waals surface area contributed by atoms with Crippen LogP contribution in [0.5, 0.6) is 5.75 Å². The van der Waals surface area contributed by atoms with Crippen LogP contribution in [-0.4, -0.2) is 41.2 Å². The molecule has 0 radical (unpaired) electrons. The van der Waals surface area contributed by atoms with Gasteiger partial charge in [-0.1, -0.05) is 70.2 Å². The molecule has 6 heteroatoms. The molecule has 3 rings (SSSR count). The Labute approximate surface area is 184 Å². The molecule has 3 amide bonds. The smallest absolute Gasteiger partial charge is 0.325 e. The van der Waals surface area contributed by atoms with Crippen molar-refractivity contribution in [1.82, 2.24) is 10.2 Å². The van der Waals surface area contributed by atoms with Gasteiger partial charge in [-0.15, -0.1) is 0 Å². The first kappa shape index (κ1) is 22.8. The monoisotopic (exact) mass is 424 g/mol. The van der Waals surface area contributed by atoms with E-state index in [2.05, 4.69) is 33.0 Å². The molecular weight excluding hydrogens is 392 g/mol. The number of carbonyl (C=O) groups is 2. The first-order valence-corrected chi connectivity index (χ1v) is 10.8. The zero-order valence-corrected chi connectivity index (χ0v) is 18.9. The maximum Gasteiger partial charge on any atom is 0.325 e. The molecule has 0 aromatic heterocycles. The number of para-hydroxylation sites is 1. The number of carbonyl (C=O) groups excluding carboxylic acids is 2. The number of imide groups is 1. The first-order valence-electron chi connectivity index (χ1n) is 10.8. The van der Waals surface area contributed by atoms with Crippen molar-refractivity contribution in [3.63, 3.8) is 0 Å². The molecule has 2 N–H and O–H groups in total. The summed E-state index contributed by atoms with van der Waals surface area (Å²) >= 11 is 0. The van der Waals surface area contributed by atoms with Gasteiger partial charge in [0, 0.05) is 0 Å². The Morgan fingerprint density at radius 3 is 2.26 bits per heavy atom. The van der Waals surface area contributed by atoms with Crippen LogP contribution in [0.4, 0.5) is 4.79 Å². The molecule has 0 spiro atoms. The molecule has 2 aromatic rings. The van der Waals surface area contributed by atoms with Crippen molar-refractivity contribution in [3.05, 3.63) is 65.2 Å². The summed E-state index contributed by atoms with van der Waals surface area (Å²) < 4.78 is 5.79. The molecule has 0 aliphatic carbocycles. The van der Waals surface area contributed by atoms with E-state index in [1.807, 2.05) is 48.5 Å². The van der Waals surface area contributed by atoms with Gasteiger partial charge in [-0.05, 0) is 41.5 Å². The van der Waals surface area contributed by atoms with Gasteiger partial charge in [0.2, 0.25) is 0 Å². The standard InChI is InChI=1S/C25H32N2O4/c1-16(2)18-10-12-19(13-11-18)25(5)23(29)27(24(30)26-25)14-20(28)15-31-22-9-7-6-8-21(22)17(3)4/h6-13,16-17,20,28H,14-15H2,1-5H3,(H,26,30)/t20-,25+/m0/s1. The van der Waals surface area contributed by atoms with E-state index in [4.69, 9.17) is 4.74 Å². The second kappa shape index (κ2) is 9.10. The maximum atomic E-state index is 13.1. The van der Waals surface area contributed by atoms with Crippen LogP contribution in [0.2, 0.25) is 0 Å². The number of β-amino-alcohol motifs (C(OH)–C–C–N with tert-alkyl or cyclic N) is 1. The third-order valence-electron chi connectivity index (χ3n) is 5.80. The SMILES string of the molecule is CC(C)c1ccc([C@@]2(C)NC(=O)N(C[C@H](O)COc3ccccc3C(C)C)C2=O)cc1. The molecule has 0 saturated carbocycles. The fourth-order valence-electron chi connectivity index (χ4n) is 3.80. The molecule has 2 atom stereocenters. The molecule has 1 aliphatic rings. The van der Waals surface area contributed by atoms with Gasteiger partial charge in [-0.3, -0.25) is 9.69 Å². The van der Waals surface area contributed by atoms with E-state index in [0.717, 1.165) is 16.0 Å². The van der Waals surface area contributed by atoms with Crippen LogP contribution < -0.4 is 10.1 Å². The largest absolute Gasteiger partial charge is 0.491 e. The number of hydrogen-bond donors (Lipinski definition) is 2. The number of aliphatic hydroxyl groups excluding tert-OH is 1. The lowest BCUT2D eigenvalue weighted by Crippen LogP contribution is -2.42. The van der Waals surface area contributed by atoms with Crippen LogP contribution in [0, 0.1) is 0 Å². The van der Waals surface area contributed by atoms with Gasteiger partial charge in [0.05, 0.1) is 6.54 Å². The average molecular weight is 425 g/mol. The lowest BCUT2D eigenvalue weighted by molar-refractivity contribution is -0.132. The van der Waals surface area contributed by atoms with Crippen LogP contribution in [0.15, 0.2) is 48.5 Å². The van der Waals surface area contributed by atoms with E-state index in [9.17, 15) is 14.7 Å². The Kier molecular flexibility index (Phi) is 6.70. The molecule has 1 saturated heterocycles. The summed E-state index contributed by atoms with van der Waals surface area (Å²) in [5.41, 5.74) is 1.77. The topological polar surface area (TPSA) is 78.9 Å². The summed E-state index contributed by atoms with van der Waals surface area (Å²) in [7, 11) is 0. The van der Waals surface area contributed by atoms with Crippen LogP contribution in [-0.2, 0) is 10.3 Å². The average Bonchev–Trinajstić information content (AvgIpc) is 2.96. The first-order chi connectivity index (χ1) is 14.6. The summed E-state index contributed by atoms with van der Waals surface area (Å²) in [5.74, 6) is 0.977. The quantitative estimate of drug-likeness (QED) is 0.624. The minimum absolute atomic E-state index is 0.0133. The highest BCUT2D eigenvalue weighted by Crippen LogP contribution is 2.30. The summed E-state index contributed by atoms with van der Waals surface area (Å²) in [6.07, 6.45) is -0.999. The summed E-state index contributed by atoms with van der Waals surface area (Å²) in [6.45, 7) is 9.89. The highest BCUT2D eigenvalue weighted by Gasteiger charge is 2.49. The Balaban J connectivity index is 1.67. The van der Waals surface area contributed by atoms with Crippen molar-refractivity contribution >= 4 is 11.9 Å². The molecular formula is C25H32N2O4. The number of urea groups is 1. The third-order valence-corrected chi connectivity index (χ3v) is 5.80. The minimum Gasteiger partial charge on any atom is -0.491 e.